The number of hydrogen-bond acceptors (Lipinski definition) is 2. The first-order valence-electron chi connectivity index (χ1n) is 7.51. The number of nitrogens with zero attached hydrogens (tertiary/aromatic N) is 1. The second kappa shape index (κ2) is 6.08. The quantitative estimate of drug-likeness (QED) is 0.808. The van der Waals surface area contributed by atoms with Crippen LogP contribution >= 0.6 is 0 Å². The zero-order valence-electron chi connectivity index (χ0n) is 12.0. The molecule has 1 heterocycles. The topological polar surface area (TPSA) is 37.4 Å². The van der Waals surface area contributed by atoms with E-state index in [9.17, 15) is 9.59 Å². The number of aldehydes is 1. The van der Waals surface area contributed by atoms with E-state index >= 15 is 0 Å². The van der Waals surface area contributed by atoms with E-state index in [2.05, 4.69) is 18.2 Å². The summed E-state index contributed by atoms with van der Waals surface area (Å²) in [6, 6.07) is 14.0. The average Bonchev–Trinajstić information content (AvgIpc) is 2.53. The highest BCUT2D eigenvalue weighted by Crippen LogP contribution is 2.22. The van der Waals surface area contributed by atoms with E-state index in [0.29, 0.717) is 19.4 Å². The van der Waals surface area contributed by atoms with Crippen LogP contribution in [0.4, 0.5) is 0 Å². The van der Waals surface area contributed by atoms with E-state index in [-0.39, 0.29) is 11.9 Å². The van der Waals surface area contributed by atoms with Gasteiger partial charge in [0.15, 0.2) is 0 Å². The van der Waals surface area contributed by atoms with Gasteiger partial charge in [-0.15, -0.1) is 0 Å². The van der Waals surface area contributed by atoms with E-state index in [1.54, 1.807) is 4.90 Å². The molecule has 1 amide bonds. The Morgan fingerprint density at radius 1 is 1.10 bits per heavy atom. The molecular formula is C18H19NO2. The van der Waals surface area contributed by atoms with Crippen molar-refractivity contribution >= 4 is 23.0 Å². The van der Waals surface area contributed by atoms with E-state index in [0.717, 1.165) is 30.1 Å². The van der Waals surface area contributed by atoms with Crippen LogP contribution in [0.2, 0.25) is 0 Å². The molecule has 0 unspecified atom stereocenters. The van der Waals surface area contributed by atoms with Crippen molar-refractivity contribution in [3.05, 3.63) is 48.0 Å². The molecule has 2 aromatic carbocycles. The van der Waals surface area contributed by atoms with Crippen LogP contribution in [0, 0.1) is 0 Å². The molecule has 0 bridgehead atoms. The summed E-state index contributed by atoms with van der Waals surface area (Å²) in [4.78, 5) is 25.3. The van der Waals surface area contributed by atoms with Gasteiger partial charge in [0.05, 0.1) is 6.04 Å². The first-order chi connectivity index (χ1) is 10.3. The summed E-state index contributed by atoms with van der Waals surface area (Å²) >= 11 is 0. The largest absolute Gasteiger partial charge is 0.333 e. The Bertz CT molecular complexity index is 660. The predicted octanol–water partition coefficient (Wildman–Crippen LogP) is 2.96. The minimum atomic E-state index is -0.344. The molecule has 3 heteroatoms. The highest BCUT2D eigenvalue weighted by molar-refractivity contribution is 5.86. The fraction of sp³-hybridized carbons (Fsp3) is 0.333. The summed E-state index contributed by atoms with van der Waals surface area (Å²) in [5, 5.41) is 2.33. The average molecular weight is 281 g/mol. The molecule has 0 radical (unpaired) electrons. The number of carbonyl (C=O) groups excluding carboxylic acids is 2. The Morgan fingerprint density at radius 3 is 2.71 bits per heavy atom. The lowest BCUT2D eigenvalue weighted by molar-refractivity contribution is -0.138. The van der Waals surface area contributed by atoms with Crippen LogP contribution in [0.25, 0.3) is 10.8 Å². The molecule has 21 heavy (non-hydrogen) atoms. The van der Waals surface area contributed by atoms with Crippen molar-refractivity contribution in [3.8, 4) is 0 Å². The van der Waals surface area contributed by atoms with E-state index in [1.807, 2.05) is 24.3 Å². The zero-order valence-corrected chi connectivity index (χ0v) is 12.0. The molecule has 3 rings (SSSR count). The summed E-state index contributed by atoms with van der Waals surface area (Å²) in [5.41, 5.74) is 1.13. The van der Waals surface area contributed by atoms with Crippen molar-refractivity contribution in [2.45, 2.75) is 31.7 Å². The standard InChI is InChI=1S/C18H19NO2/c20-13-16(19-11-4-3-10-18(19)21)12-15-8-5-7-14-6-1-2-9-17(14)15/h1-2,5-9,13,16H,3-4,10-12H2/t16-/m1/s1. The van der Waals surface area contributed by atoms with Gasteiger partial charge in [-0.1, -0.05) is 42.5 Å². The Hall–Kier alpha value is -2.16. The Morgan fingerprint density at radius 2 is 1.90 bits per heavy atom. The molecule has 1 aliphatic heterocycles. The fourth-order valence-corrected chi connectivity index (χ4v) is 3.11. The number of hydrogen-bond donors (Lipinski definition) is 0. The van der Waals surface area contributed by atoms with Crippen LogP contribution in [-0.2, 0) is 16.0 Å². The summed E-state index contributed by atoms with van der Waals surface area (Å²) in [6.45, 7) is 0.701. The molecule has 108 valence electrons. The SMILES string of the molecule is O=C[C@@H](Cc1cccc2ccccc12)N1CCCCC1=O. The zero-order chi connectivity index (χ0) is 14.7. The van der Waals surface area contributed by atoms with Gasteiger partial charge in [0.1, 0.15) is 6.29 Å². The summed E-state index contributed by atoms with van der Waals surface area (Å²) in [6.07, 6.45) is 4.02. The van der Waals surface area contributed by atoms with E-state index < -0.39 is 0 Å². The maximum Gasteiger partial charge on any atom is 0.223 e. The summed E-state index contributed by atoms with van der Waals surface area (Å²) in [7, 11) is 0. The Labute approximate surface area is 124 Å². The predicted molar refractivity (Wildman–Crippen MR) is 83.1 cm³/mol. The highest BCUT2D eigenvalue weighted by Gasteiger charge is 2.26. The second-order valence-electron chi connectivity index (χ2n) is 5.59. The monoisotopic (exact) mass is 281 g/mol. The third-order valence-electron chi connectivity index (χ3n) is 4.23. The van der Waals surface area contributed by atoms with Crippen LogP contribution in [0.3, 0.4) is 0 Å². The van der Waals surface area contributed by atoms with Crippen LogP contribution in [0.5, 0.6) is 0 Å². The Kier molecular flexibility index (Phi) is 4.00. The molecular weight excluding hydrogens is 262 g/mol. The van der Waals surface area contributed by atoms with Crippen LogP contribution in [0.1, 0.15) is 24.8 Å². The molecule has 2 aromatic rings. The van der Waals surface area contributed by atoms with Crippen molar-refractivity contribution < 1.29 is 9.59 Å². The van der Waals surface area contributed by atoms with Crippen molar-refractivity contribution in [2.24, 2.45) is 0 Å². The number of benzene rings is 2. The Balaban J connectivity index is 1.89. The van der Waals surface area contributed by atoms with Gasteiger partial charge in [-0.3, -0.25) is 4.79 Å². The van der Waals surface area contributed by atoms with Crippen molar-refractivity contribution in [2.75, 3.05) is 6.54 Å². The maximum atomic E-state index is 12.0. The summed E-state index contributed by atoms with van der Waals surface area (Å²) < 4.78 is 0. The molecule has 0 aromatic heterocycles. The molecule has 1 atom stereocenters. The van der Waals surface area contributed by atoms with Gasteiger partial charge in [0.25, 0.3) is 0 Å². The number of fused-ring (bicyclic) bond motifs is 1. The lowest BCUT2D eigenvalue weighted by Crippen LogP contribution is -2.45. The van der Waals surface area contributed by atoms with Gasteiger partial charge in [-0.05, 0) is 29.2 Å². The summed E-state index contributed by atoms with van der Waals surface area (Å²) in [5.74, 6) is 0.110. The van der Waals surface area contributed by atoms with Gasteiger partial charge in [0.2, 0.25) is 5.91 Å². The van der Waals surface area contributed by atoms with Crippen LogP contribution in [0.15, 0.2) is 42.5 Å². The molecule has 0 saturated carbocycles. The number of amides is 1. The maximum absolute atomic E-state index is 12.0. The fourth-order valence-electron chi connectivity index (χ4n) is 3.11. The number of rotatable bonds is 4. The van der Waals surface area contributed by atoms with Crippen molar-refractivity contribution in [3.63, 3.8) is 0 Å². The van der Waals surface area contributed by atoms with Gasteiger partial charge in [0, 0.05) is 19.4 Å². The molecule has 0 spiro atoms. The second-order valence-corrected chi connectivity index (χ2v) is 5.59. The third-order valence-corrected chi connectivity index (χ3v) is 4.23. The normalized spacial score (nSPS) is 17.0. The van der Waals surface area contributed by atoms with Crippen LogP contribution in [-0.4, -0.2) is 29.7 Å². The molecule has 0 aliphatic carbocycles. The molecule has 1 fully saturated rings. The molecule has 3 nitrogen and oxygen atoms in total. The first-order valence-corrected chi connectivity index (χ1v) is 7.51. The number of carbonyl (C=O) groups is 2. The van der Waals surface area contributed by atoms with Crippen molar-refractivity contribution in [1.82, 2.24) is 4.90 Å². The molecule has 0 N–H and O–H groups in total. The minimum Gasteiger partial charge on any atom is -0.333 e. The van der Waals surface area contributed by atoms with E-state index in [4.69, 9.17) is 0 Å². The number of likely N-dealkylation sites (tertiary alicyclic amines) is 1. The van der Waals surface area contributed by atoms with Gasteiger partial charge >= 0.3 is 0 Å². The van der Waals surface area contributed by atoms with Gasteiger partial charge in [-0.2, -0.15) is 0 Å². The number of piperidine rings is 1. The van der Waals surface area contributed by atoms with Crippen molar-refractivity contribution in [1.29, 1.82) is 0 Å². The third kappa shape index (κ3) is 2.82. The highest BCUT2D eigenvalue weighted by atomic mass is 16.2. The molecule has 1 aliphatic rings. The minimum absolute atomic E-state index is 0.110. The van der Waals surface area contributed by atoms with Gasteiger partial charge < -0.3 is 9.69 Å². The lowest BCUT2D eigenvalue weighted by Gasteiger charge is -2.31. The van der Waals surface area contributed by atoms with Crippen LogP contribution < -0.4 is 0 Å². The molecule has 1 saturated heterocycles. The van der Waals surface area contributed by atoms with Gasteiger partial charge in [-0.25, -0.2) is 0 Å². The first kappa shape index (κ1) is 13.8. The lowest BCUT2D eigenvalue weighted by atomic mass is 9.97. The van der Waals surface area contributed by atoms with E-state index in [1.165, 1.54) is 5.39 Å². The smallest absolute Gasteiger partial charge is 0.223 e.